The minimum atomic E-state index is -2.56. The SMILES string of the molecule is O=C(NCC(F)F)[C@H]1CCCN(c2cnc(Cl)nc2NC2([Si])CCc3ccccc32)C1. The van der Waals surface area contributed by atoms with Gasteiger partial charge in [-0.2, -0.15) is 4.98 Å². The van der Waals surface area contributed by atoms with E-state index in [1.807, 2.05) is 17.0 Å². The number of carbonyl (C=O) groups is 1. The molecule has 1 aromatic carbocycles. The molecule has 2 atom stereocenters. The van der Waals surface area contributed by atoms with Gasteiger partial charge in [-0.1, -0.05) is 24.3 Å². The maximum Gasteiger partial charge on any atom is 0.255 e. The molecule has 0 bridgehead atoms. The van der Waals surface area contributed by atoms with Crippen molar-refractivity contribution in [3.05, 3.63) is 46.9 Å². The Labute approximate surface area is 188 Å². The second-order valence-electron chi connectivity index (χ2n) is 7.98. The summed E-state index contributed by atoms with van der Waals surface area (Å²) in [6.45, 7) is 0.487. The van der Waals surface area contributed by atoms with Gasteiger partial charge < -0.3 is 15.5 Å². The molecular weight excluding hydrogens is 440 g/mol. The van der Waals surface area contributed by atoms with Gasteiger partial charge in [-0.15, -0.1) is 0 Å². The number of nitrogens with zero attached hydrogens (tertiary/aromatic N) is 3. The molecule has 1 aliphatic carbocycles. The van der Waals surface area contributed by atoms with Crippen molar-refractivity contribution in [1.29, 1.82) is 0 Å². The molecule has 2 N–H and O–H groups in total. The van der Waals surface area contributed by atoms with E-state index < -0.39 is 18.1 Å². The van der Waals surface area contributed by atoms with Crippen LogP contribution in [-0.2, 0) is 16.4 Å². The molecule has 163 valence electrons. The van der Waals surface area contributed by atoms with Crippen LogP contribution in [0.15, 0.2) is 30.5 Å². The molecule has 31 heavy (non-hydrogen) atoms. The lowest BCUT2D eigenvalue weighted by molar-refractivity contribution is -0.125. The zero-order chi connectivity index (χ0) is 22.0. The van der Waals surface area contributed by atoms with Gasteiger partial charge in [-0.25, -0.2) is 13.8 Å². The third-order valence-electron chi connectivity index (χ3n) is 5.88. The van der Waals surface area contributed by atoms with Gasteiger partial charge in [-0.3, -0.25) is 4.79 Å². The molecule has 4 rings (SSSR count). The average molecular weight is 463 g/mol. The van der Waals surface area contributed by atoms with E-state index in [2.05, 4.69) is 43.0 Å². The topological polar surface area (TPSA) is 70.2 Å². The molecule has 1 amide bonds. The summed E-state index contributed by atoms with van der Waals surface area (Å²) in [6, 6.07) is 8.22. The molecule has 0 spiro atoms. The standard InChI is InChI=1S/C21H23ClF2N5OSi/c22-20-26-10-16(29-9-3-5-14(12-29)19(30)25-11-17(23)24)18(27-20)28-21(31)8-7-13-4-1-2-6-15(13)21/h1-2,4,6,10,14,17H,3,5,7-9,11-12H2,(H,25,30)(H,26,27,28)/t14-,21?/m0/s1. The van der Waals surface area contributed by atoms with Crippen molar-refractivity contribution in [3.63, 3.8) is 0 Å². The molecule has 2 aliphatic rings. The van der Waals surface area contributed by atoms with Crippen molar-refractivity contribution in [2.45, 2.75) is 37.3 Å². The Balaban J connectivity index is 1.55. The largest absolute Gasteiger partial charge is 0.367 e. The lowest BCUT2D eigenvalue weighted by atomic mass is 9.96. The number of fused-ring (bicyclic) bond motifs is 1. The van der Waals surface area contributed by atoms with E-state index in [1.54, 1.807) is 6.20 Å². The fraction of sp³-hybridized carbons (Fsp3) is 0.476. The van der Waals surface area contributed by atoms with Crippen molar-refractivity contribution >= 4 is 39.3 Å². The predicted molar refractivity (Wildman–Crippen MR) is 117 cm³/mol. The number of nitrogens with one attached hydrogen (secondary N) is 2. The summed E-state index contributed by atoms with van der Waals surface area (Å²) in [4.78, 5) is 22.9. The van der Waals surface area contributed by atoms with Crippen LogP contribution < -0.4 is 15.5 Å². The maximum atomic E-state index is 12.5. The van der Waals surface area contributed by atoms with E-state index in [0.717, 1.165) is 30.5 Å². The van der Waals surface area contributed by atoms with Crippen LogP contribution in [0.3, 0.4) is 0 Å². The summed E-state index contributed by atoms with van der Waals surface area (Å²) < 4.78 is 24.9. The summed E-state index contributed by atoms with van der Waals surface area (Å²) in [7, 11) is 3.93. The first-order valence-corrected chi connectivity index (χ1v) is 11.2. The summed E-state index contributed by atoms with van der Waals surface area (Å²) in [6.07, 6.45) is 2.26. The first kappa shape index (κ1) is 21.9. The Kier molecular flexibility index (Phi) is 6.43. The van der Waals surface area contributed by atoms with Crippen molar-refractivity contribution in [2.24, 2.45) is 5.92 Å². The molecule has 0 saturated carbocycles. The van der Waals surface area contributed by atoms with E-state index in [0.29, 0.717) is 25.3 Å². The predicted octanol–water partition coefficient (Wildman–Crippen LogP) is 3.11. The molecule has 1 unspecified atom stereocenters. The molecule has 2 aromatic rings. The third kappa shape index (κ3) is 4.82. The number of carbonyl (C=O) groups excluding carboxylic acids is 1. The Morgan fingerprint density at radius 2 is 2.19 bits per heavy atom. The van der Waals surface area contributed by atoms with E-state index in [4.69, 9.17) is 11.6 Å². The molecule has 3 radical (unpaired) electrons. The first-order valence-electron chi connectivity index (χ1n) is 10.3. The third-order valence-corrected chi connectivity index (χ3v) is 6.71. The summed E-state index contributed by atoms with van der Waals surface area (Å²) in [5.74, 6) is -0.156. The van der Waals surface area contributed by atoms with Crippen LogP contribution in [-0.4, -0.2) is 52.2 Å². The molecule has 1 aromatic heterocycles. The lowest BCUT2D eigenvalue weighted by Gasteiger charge is -2.36. The van der Waals surface area contributed by atoms with E-state index in [9.17, 15) is 13.6 Å². The number of alkyl halides is 2. The van der Waals surface area contributed by atoms with Gasteiger partial charge in [0.1, 0.15) is 0 Å². The van der Waals surface area contributed by atoms with Gasteiger partial charge in [0.05, 0.1) is 34.6 Å². The summed E-state index contributed by atoms with van der Waals surface area (Å²) in [5, 5.41) is 5.46. The number of halogens is 3. The fourth-order valence-corrected chi connectivity index (χ4v) is 4.97. The van der Waals surface area contributed by atoms with Gasteiger partial charge in [-0.05, 0) is 48.4 Å². The normalized spacial score (nSPS) is 23.0. The number of hydrogen-bond donors (Lipinski definition) is 2. The average Bonchev–Trinajstić information content (AvgIpc) is 3.09. The summed E-state index contributed by atoms with van der Waals surface area (Å²) in [5.41, 5.74) is 3.15. The molecular formula is C21H23ClF2N5OSi. The second kappa shape index (κ2) is 9.08. The number of hydrogen-bond acceptors (Lipinski definition) is 5. The molecule has 1 aliphatic heterocycles. The number of aromatic nitrogens is 2. The van der Waals surface area contributed by atoms with Crippen molar-refractivity contribution < 1.29 is 13.6 Å². The van der Waals surface area contributed by atoms with Crippen molar-refractivity contribution in [3.8, 4) is 0 Å². The highest BCUT2D eigenvalue weighted by Crippen LogP contribution is 2.39. The Hall–Kier alpha value is -2.26. The van der Waals surface area contributed by atoms with Gasteiger partial charge in [0.15, 0.2) is 5.82 Å². The monoisotopic (exact) mass is 462 g/mol. The van der Waals surface area contributed by atoms with Crippen LogP contribution in [0.2, 0.25) is 5.28 Å². The molecule has 1 fully saturated rings. The lowest BCUT2D eigenvalue weighted by Crippen LogP contribution is -2.44. The number of rotatable bonds is 6. The highest BCUT2D eigenvalue weighted by molar-refractivity contribution is 6.28. The van der Waals surface area contributed by atoms with Crippen LogP contribution in [0.1, 0.15) is 30.4 Å². The van der Waals surface area contributed by atoms with Crippen molar-refractivity contribution in [2.75, 3.05) is 29.9 Å². The fourth-order valence-electron chi connectivity index (χ4n) is 4.35. The van der Waals surface area contributed by atoms with Crippen LogP contribution in [0.25, 0.3) is 0 Å². The van der Waals surface area contributed by atoms with E-state index in [-0.39, 0.29) is 17.1 Å². The first-order chi connectivity index (χ1) is 14.9. The maximum absolute atomic E-state index is 12.5. The summed E-state index contributed by atoms with van der Waals surface area (Å²) >= 11 is 6.11. The Bertz CT molecular complexity index is 965. The van der Waals surface area contributed by atoms with E-state index in [1.165, 1.54) is 5.56 Å². The van der Waals surface area contributed by atoms with Gasteiger partial charge in [0.25, 0.3) is 6.43 Å². The number of benzene rings is 1. The smallest absolute Gasteiger partial charge is 0.255 e. The molecule has 2 heterocycles. The Morgan fingerprint density at radius 1 is 1.39 bits per heavy atom. The van der Waals surface area contributed by atoms with Gasteiger partial charge >= 0.3 is 0 Å². The zero-order valence-electron chi connectivity index (χ0n) is 16.9. The van der Waals surface area contributed by atoms with Gasteiger partial charge in [0, 0.05) is 18.3 Å². The van der Waals surface area contributed by atoms with Crippen molar-refractivity contribution in [1.82, 2.24) is 15.3 Å². The number of piperidine rings is 1. The minimum Gasteiger partial charge on any atom is -0.367 e. The quantitative estimate of drug-likeness (QED) is 0.510. The number of anilines is 2. The van der Waals surface area contributed by atoms with Crippen LogP contribution in [0.5, 0.6) is 0 Å². The zero-order valence-corrected chi connectivity index (χ0v) is 18.6. The van der Waals surface area contributed by atoms with Gasteiger partial charge in [0.2, 0.25) is 11.2 Å². The van der Waals surface area contributed by atoms with Crippen LogP contribution in [0, 0.1) is 5.92 Å². The highest BCUT2D eigenvalue weighted by Gasteiger charge is 2.36. The molecule has 6 nitrogen and oxygen atoms in total. The minimum absolute atomic E-state index is 0.121. The highest BCUT2D eigenvalue weighted by atomic mass is 35.5. The van der Waals surface area contributed by atoms with Crippen LogP contribution >= 0.6 is 11.6 Å². The molecule has 10 heteroatoms. The number of amides is 1. The Morgan fingerprint density at radius 3 is 3.00 bits per heavy atom. The van der Waals surface area contributed by atoms with E-state index >= 15 is 0 Å². The van der Waals surface area contributed by atoms with Crippen LogP contribution in [0.4, 0.5) is 20.3 Å². The number of aryl methyl sites for hydroxylation is 1. The second-order valence-corrected chi connectivity index (χ2v) is 9.17. The molecule has 1 saturated heterocycles.